The van der Waals surface area contributed by atoms with Crippen molar-refractivity contribution in [2.75, 3.05) is 0 Å². The Hall–Kier alpha value is -2.24. The highest BCUT2D eigenvalue weighted by atomic mass is 16.2. The summed E-state index contributed by atoms with van der Waals surface area (Å²) in [7, 11) is 0. The molecule has 1 fully saturated rings. The van der Waals surface area contributed by atoms with E-state index in [1.54, 1.807) is 0 Å². The standard InChI is InChI=1S/C15H19N5O/c1-10(2)13(15(21)16-12-8-9-12)20-18-14(17-19-20)11-6-4-3-5-7-11/h3-7,10,12-13H,8-9H2,1-2H3,(H,16,21). The molecule has 1 heterocycles. The van der Waals surface area contributed by atoms with Crippen LogP contribution >= 0.6 is 0 Å². The van der Waals surface area contributed by atoms with E-state index >= 15 is 0 Å². The van der Waals surface area contributed by atoms with Gasteiger partial charge in [-0.2, -0.15) is 4.80 Å². The number of tetrazole rings is 1. The van der Waals surface area contributed by atoms with Gasteiger partial charge in [0.05, 0.1) is 0 Å². The Kier molecular flexibility index (Phi) is 3.68. The third kappa shape index (κ3) is 3.09. The van der Waals surface area contributed by atoms with Gasteiger partial charge in [-0.05, 0) is 24.0 Å². The van der Waals surface area contributed by atoms with Gasteiger partial charge < -0.3 is 5.32 Å². The molecule has 2 aromatic rings. The molecule has 1 aromatic heterocycles. The van der Waals surface area contributed by atoms with Gasteiger partial charge in [-0.25, -0.2) is 0 Å². The Morgan fingerprint density at radius 3 is 2.62 bits per heavy atom. The van der Waals surface area contributed by atoms with Crippen molar-refractivity contribution in [3.8, 4) is 11.4 Å². The molecule has 0 bridgehead atoms. The van der Waals surface area contributed by atoms with Gasteiger partial charge >= 0.3 is 0 Å². The van der Waals surface area contributed by atoms with Gasteiger partial charge in [-0.1, -0.05) is 44.2 Å². The van der Waals surface area contributed by atoms with Gasteiger partial charge in [-0.3, -0.25) is 4.79 Å². The van der Waals surface area contributed by atoms with Crippen LogP contribution in [0, 0.1) is 5.92 Å². The summed E-state index contributed by atoms with van der Waals surface area (Å²) >= 11 is 0. The van der Waals surface area contributed by atoms with Gasteiger partial charge in [0.15, 0.2) is 6.04 Å². The molecule has 1 unspecified atom stereocenters. The number of hydrogen-bond donors (Lipinski definition) is 1. The van der Waals surface area contributed by atoms with Crippen molar-refractivity contribution in [2.24, 2.45) is 5.92 Å². The maximum atomic E-state index is 12.3. The molecule has 6 nitrogen and oxygen atoms in total. The number of benzene rings is 1. The zero-order valence-electron chi connectivity index (χ0n) is 12.2. The predicted molar refractivity (Wildman–Crippen MR) is 78.3 cm³/mol. The maximum Gasteiger partial charge on any atom is 0.247 e. The van der Waals surface area contributed by atoms with Gasteiger partial charge in [0, 0.05) is 11.6 Å². The monoisotopic (exact) mass is 285 g/mol. The highest BCUT2D eigenvalue weighted by molar-refractivity contribution is 5.80. The molecule has 21 heavy (non-hydrogen) atoms. The van der Waals surface area contributed by atoms with Crippen molar-refractivity contribution >= 4 is 5.91 Å². The first-order chi connectivity index (χ1) is 10.1. The molecule has 1 saturated carbocycles. The van der Waals surface area contributed by atoms with Crippen LogP contribution in [0.15, 0.2) is 30.3 Å². The van der Waals surface area contributed by atoms with Crippen LogP contribution in [-0.4, -0.2) is 32.2 Å². The Labute approximate surface area is 123 Å². The number of aromatic nitrogens is 4. The zero-order chi connectivity index (χ0) is 14.8. The number of carbonyl (C=O) groups excluding carboxylic acids is 1. The normalized spacial score (nSPS) is 16.0. The SMILES string of the molecule is CC(C)C(C(=O)NC1CC1)n1nnc(-c2ccccc2)n1. The van der Waals surface area contributed by atoms with Gasteiger partial charge in [0.25, 0.3) is 0 Å². The number of rotatable bonds is 5. The Morgan fingerprint density at radius 1 is 1.29 bits per heavy atom. The largest absolute Gasteiger partial charge is 0.351 e. The molecule has 1 atom stereocenters. The fraction of sp³-hybridized carbons (Fsp3) is 0.467. The first-order valence-electron chi connectivity index (χ1n) is 7.30. The van der Waals surface area contributed by atoms with Crippen LogP contribution in [0.2, 0.25) is 0 Å². The molecule has 1 aliphatic carbocycles. The summed E-state index contributed by atoms with van der Waals surface area (Å²) in [4.78, 5) is 13.8. The van der Waals surface area contributed by atoms with Crippen LogP contribution in [0.5, 0.6) is 0 Å². The average Bonchev–Trinajstić information content (AvgIpc) is 3.15. The minimum Gasteiger partial charge on any atom is -0.351 e. The summed E-state index contributed by atoms with van der Waals surface area (Å²) in [6, 6.07) is 9.55. The second kappa shape index (κ2) is 5.63. The van der Waals surface area contributed by atoms with Crippen LogP contribution < -0.4 is 5.32 Å². The molecule has 1 amide bonds. The molecule has 0 aliphatic heterocycles. The molecular formula is C15H19N5O. The topological polar surface area (TPSA) is 72.7 Å². The van der Waals surface area contributed by atoms with Crippen molar-refractivity contribution in [3.63, 3.8) is 0 Å². The van der Waals surface area contributed by atoms with Crippen molar-refractivity contribution in [2.45, 2.75) is 38.8 Å². The van der Waals surface area contributed by atoms with Crippen molar-refractivity contribution in [1.29, 1.82) is 0 Å². The van der Waals surface area contributed by atoms with E-state index in [4.69, 9.17) is 0 Å². The van der Waals surface area contributed by atoms with Crippen molar-refractivity contribution < 1.29 is 4.79 Å². The Bertz CT molecular complexity index is 618. The molecule has 0 spiro atoms. The van der Waals surface area contributed by atoms with Gasteiger partial charge in [0.1, 0.15) is 0 Å². The second-order valence-corrected chi connectivity index (χ2v) is 5.77. The summed E-state index contributed by atoms with van der Waals surface area (Å²) in [5, 5.41) is 15.5. The van der Waals surface area contributed by atoms with Crippen molar-refractivity contribution in [3.05, 3.63) is 30.3 Å². The van der Waals surface area contributed by atoms with E-state index in [1.807, 2.05) is 44.2 Å². The molecule has 3 rings (SSSR count). The summed E-state index contributed by atoms with van der Waals surface area (Å²) < 4.78 is 0. The summed E-state index contributed by atoms with van der Waals surface area (Å²) in [6.45, 7) is 3.98. The molecule has 0 saturated heterocycles. The lowest BCUT2D eigenvalue weighted by molar-refractivity contribution is -0.126. The van der Waals surface area contributed by atoms with Gasteiger partial charge in [-0.15, -0.1) is 10.2 Å². The zero-order valence-corrected chi connectivity index (χ0v) is 12.2. The van der Waals surface area contributed by atoms with E-state index in [-0.39, 0.29) is 11.8 Å². The molecule has 1 N–H and O–H groups in total. The lowest BCUT2D eigenvalue weighted by Crippen LogP contribution is -2.37. The van der Waals surface area contributed by atoms with E-state index < -0.39 is 6.04 Å². The number of carbonyl (C=O) groups is 1. The van der Waals surface area contributed by atoms with E-state index in [1.165, 1.54) is 4.80 Å². The molecule has 6 heteroatoms. The fourth-order valence-corrected chi connectivity index (χ4v) is 2.23. The van der Waals surface area contributed by atoms with Crippen LogP contribution in [0.1, 0.15) is 32.7 Å². The van der Waals surface area contributed by atoms with Crippen LogP contribution in [0.25, 0.3) is 11.4 Å². The quantitative estimate of drug-likeness (QED) is 0.909. The molecular weight excluding hydrogens is 266 g/mol. The fourth-order valence-electron chi connectivity index (χ4n) is 2.23. The second-order valence-electron chi connectivity index (χ2n) is 5.77. The van der Waals surface area contributed by atoms with Crippen molar-refractivity contribution in [1.82, 2.24) is 25.5 Å². The van der Waals surface area contributed by atoms with E-state index in [2.05, 4.69) is 20.7 Å². The molecule has 1 aromatic carbocycles. The third-order valence-electron chi connectivity index (χ3n) is 3.53. The first-order valence-corrected chi connectivity index (χ1v) is 7.30. The van der Waals surface area contributed by atoms with Crippen LogP contribution in [0.4, 0.5) is 0 Å². The number of nitrogens with one attached hydrogen (secondary N) is 1. The smallest absolute Gasteiger partial charge is 0.247 e. The van der Waals surface area contributed by atoms with E-state index in [0.717, 1.165) is 18.4 Å². The Morgan fingerprint density at radius 2 is 2.00 bits per heavy atom. The van der Waals surface area contributed by atoms with Crippen LogP contribution in [0.3, 0.4) is 0 Å². The lowest BCUT2D eigenvalue weighted by Gasteiger charge is -2.18. The maximum absolute atomic E-state index is 12.3. The highest BCUT2D eigenvalue weighted by Crippen LogP contribution is 2.23. The van der Waals surface area contributed by atoms with Gasteiger partial charge in [0.2, 0.25) is 11.7 Å². The number of amides is 1. The minimum absolute atomic E-state index is 0.0236. The molecule has 1 aliphatic rings. The summed E-state index contributed by atoms with van der Waals surface area (Å²) in [5.74, 6) is 0.617. The molecule has 110 valence electrons. The number of hydrogen-bond acceptors (Lipinski definition) is 4. The third-order valence-corrected chi connectivity index (χ3v) is 3.53. The predicted octanol–water partition coefficient (Wildman–Crippen LogP) is 1.82. The summed E-state index contributed by atoms with van der Waals surface area (Å²) in [6.07, 6.45) is 2.13. The first kappa shape index (κ1) is 13.7. The van der Waals surface area contributed by atoms with E-state index in [0.29, 0.717) is 11.9 Å². The molecule has 0 radical (unpaired) electrons. The Balaban J connectivity index is 1.83. The lowest BCUT2D eigenvalue weighted by atomic mass is 10.0. The minimum atomic E-state index is -0.421. The number of nitrogens with zero attached hydrogens (tertiary/aromatic N) is 4. The highest BCUT2D eigenvalue weighted by Gasteiger charge is 2.31. The summed E-state index contributed by atoms with van der Waals surface area (Å²) in [5.41, 5.74) is 0.897. The average molecular weight is 285 g/mol. The van der Waals surface area contributed by atoms with E-state index in [9.17, 15) is 4.79 Å². The van der Waals surface area contributed by atoms with Crippen LogP contribution in [-0.2, 0) is 4.79 Å².